The molecule has 156 valence electrons. The minimum atomic E-state index is 0.864. The summed E-state index contributed by atoms with van der Waals surface area (Å²) in [5.41, 5.74) is 6.27. The van der Waals surface area contributed by atoms with Crippen LogP contribution in [0.4, 0.5) is 0 Å². The van der Waals surface area contributed by atoms with E-state index in [2.05, 4.69) is 59.2 Å². The number of nitrogens with zero attached hydrogens (tertiary/aromatic N) is 2. The number of fused-ring (bicyclic) bond motifs is 2. The van der Waals surface area contributed by atoms with Gasteiger partial charge in [-0.15, -0.1) is 0 Å². The van der Waals surface area contributed by atoms with Gasteiger partial charge in [0.15, 0.2) is 0 Å². The summed E-state index contributed by atoms with van der Waals surface area (Å²) >= 11 is 0. The Labute approximate surface area is 174 Å². The van der Waals surface area contributed by atoms with Gasteiger partial charge >= 0.3 is 0 Å². The summed E-state index contributed by atoms with van der Waals surface area (Å²) in [6, 6.07) is 10.6. The molecular weight excluding hydrogens is 362 g/mol. The summed E-state index contributed by atoms with van der Waals surface area (Å²) in [6.45, 7) is 9.61. The number of hydrogen-bond acceptors (Lipinski definition) is 4. The quantitative estimate of drug-likeness (QED) is 0.669. The summed E-state index contributed by atoms with van der Waals surface area (Å²) in [5, 5.41) is 3.22. The number of carbonyl (C=O) groups is 1. The standard InChI is InChI=1S/C10H12O.C9H10N2.C4H9N.CH2O/c1-2-8-3-4-9-5-6-11-10(9)7-8;1-7-6-11(2)8-4-3-5-10-9(7)8;1-2-4-5-3-1;1-2/h3-4,7H,2,5-6H2,1H3;3-6H,1-2H3;5H,1-4H2;1H2. The molecule has 0 aliphatic carbocycles. The Kier molecular flexibility index (Phi) is 9.38. The van der Waals surface area contributed by atoms with Crippen molar-refractivity contribution >= 4 is 17.8 Å². The monoisotopic (exact) mass is 395 g/mol. The fourth-order valence-corrected chi connectivity index (χ4v) is 3.46. The van der Waals surface area contributed by atoms with E-state index in [1.807, 2.05) is 26.1 Å². The third-order valence-corrected chi connectivity index (χ3v) is 5.05. The summed E-state index contributed by atoms with van der Waals surface area (Å²) < 4.78 is 7.54. The molecule has 0 bridgehead atoms. The summed E-state index contributed by atoms with van der Waals surface area (Å²) in [4.78, 5) is 12.3. The number of ether oxygens (including phenoxy) is 1. The first-order valence-electron chi connectivity index (χ1n) is 10.3. The average Bonchev–Trinajstić information content (AvgIpc) is 3.53. The van der Waals surface area contributed by atoms with E-state index in [1.165, 1.54) is 48.1 Å². The van der Waals surface area contributed by atoms with Crippen molar-refractivity contribution in [1.29, 1.82) is 0 Å². The van der Waals surface area contributed by atoms with Crippen LogP contribution in [0.1, 0.15) is 36.5 Å². The molecule has 1 fully saturated rings. The van der Waals surface area contributed by atoms with Gasteiger partial charge in [0.1, 0.15) is 12.5 Å². The highest BCUT2D eigenvalue weighted by Gasteiger charge is 2.10. The van der Waals surface area contributed by atoms with Crippen LogP contribution in [0.25, 0.3) is 11.0 Å². The highest BCUT2D eigenvalue weighted by molar-refractivity contribution is 5.78. The molecule has 5 rings (SSSR count). The Hall–Kier alpha value is -2.66. The minimum Gasteiger partial charge on any atom is -0.493 e. The SMILES string of the molecule is C1CCNC1.C=O.CCc1ccc2c(c1)OCC2.Cc1cn(C)c2cccnc12. The molecule has 3 aromatic rings. The molecule has 0 radical (unpaired) electrons. The van der Waals surface area contributed by atoms with E-state index < -0.39 is 0 Å². The van der Waals surface area contributed by atoms with Crippen LogP contribution in [-0.2, 0) is 24.7 Å². The van der Waals surface area contributed by atoms with E-state index >= 15 is 0 Å². The maximum absolute atomic E-state index is 8.00. The van der Waals surface area contributed by atoms with E-state index in [0.29, 0.717) is 0 Å². The average molecular weight is 396 g/mol. The van der Waals surface area contributed by atoms with Crippen molar-refractivity contribution in [2.24, 2.45) is 7.05 Å². The third kappa shape index (κ3) is 6.43. The Morgan fingerprint density at radius 3 is 2.59 bits per heavy atom. The topological polar surface area (TPSA) is 56.1 Å². The van der Waals surface area contributed by atoms with Crippen molar-refractivity contribution in [1.82, 2.24) is 14.9 Å². The lowest BCUT2D eigenvalue weighted by Gasteiger charge is -2.00. The smallest absolute Gasteiger partial charge is 0.122 e. The zero-order chi connectivity index (χ0) is 21.1. The second kappa shape index (κ2) is 12.0. The van der Waals surface area contributed by atoms with Crippen LogP contribution in [0, 0.1) is 6.92 Å². The molecule has 1 saturated heterocycles. The predicted molar refractivity (Wildman–Crippen MR) is 120 cm³/mol. The summed E-state index contributed by atoms with van der Waals surface area (Å²) in [7, 11) is 2.04. The van der Waals surface area contributed by atoms with Crippen LogP contribution in [0.5, 0.6) is 5.75 Å². The van der Waals surface area contributed by atoms with Gasteiger partial charge in [-0.1, -0.05) is 19.1 Å². The van der Waals surface area contributed by atoms with Crippen LogP contribution in [0.3, 0.4) is 0 Å². The summed E-state index contributed by atoms with van der Waals surface area (Å²) in [5.74, 6) is 1.10. The third-order valence-electron chi connectivity index (χ3n) is 5.05. The number of nitrogens with one attached hydrogen (secondary N) is 1. The molecule has 0 atom stereocenters. The van der Waals surface area contributed by atoms with Crippen molar-refractivity contribution in [2.45, 2.75) is 39.5 Å². The van der Waals surface area contributed by atoms with Crippen LogP contribution in [0.15, 0.2) is 42.7 Å². The van der Waals surface area contributed by atoms with Gasteiger partial charge in [-0.3, -0.25) is 4.98 Å². The van der Waals surface area contributed by atoms with Crippen molar-refractivity contribution in [3.8, 4) is 5.75 Å². The number of carbonyl (C=O) groups excluding carboxylic acids is 1. The molecule has 5 heteroatoms. The Morgan fingerprint density at radius 1 is 1.21 bits per heavy atom. The number of rotatable bonds is 1. The molecule has 0 amide bonds. The second-order valence-corrected chi connectivity index (χ2v) is 7.15. The highest BCUT2D eigenvalue weighted by Crippen LogP contribution is 2.26. The van der Waals surface area contributed by atoms with Crippen LogP contribution >= 0.6 is 0 Å². The van der Waals surface area contributed by atoms with Gasteiger partial charge in [0.2, 0.25) is 0 Å². The molecule has 1 aromatic carbocycles. The second-order valence-electron chi connectivity index (χ2n) is 7.15. The lowest BCUT2D eigenvalue weighted by Crippen LogP contribution is -2.03. The Morgan fingerprint density at radius 2 is 1.97 bits per heavy atom. The number of hydrogen-bond donors (Lipinski definition) is 1. The largest absolute Gasteiger partial charge is 0.493 e. The van der Waals surface area contributed by atoms with Gasteiger partial charge in [-0.2, -0.15) is 0 Å². The van der Waals surface area contributed by atoms with E-state index in [9.17, 15) is 0 Å². The molecule has 0 saturated carbocycles. The molecule has 5 nitrogen and oxygen atoms in total. The Bertz CT molecular complexity index is 841. The number of pyridine rings is 1. The number of aryl methyl sites for hydroxylation is 3. The van der Waals surface area contributed by atoms with Crippen molar-refractivity contribution < 1.29 is 9.53 Å². The van der Waals surface area contributed by atoms with Gasteiger partial charge in [-0.25, -0.2) is 0 Å². The first-order valence-corrected chi connectivity index (χ1v) is 10.3. The molecule has 0 spiro atoms. The van der Waals surface area contributed by atoms with Gasteiger partial charge in [0.25, 0.3) is 0 Å². The predicted octanol–water partition coefficient (Wildman–Crippen LogP) is 4.25. The van der Waals surface area contributed by atoms with Gasteiger partial charge in [0, 0.05) is 25.9 Å². The first kappa shape index (κ1) is 22.6. The van der Waals surface area contributed by atoms with Crippen LogP contribution in [0.2, 0.25) is 0 Å². The maximum atomic E-state index is 8.00. The highest BCUT2D eigenvalue weighted by atomic mass is 16.5. The van der Waals surface area contributed by atoms with Gasteiger partial charge in [0.05, 0.1) is 17.6 Å². The zero-order valence-electron chi connectivity index (χ0n) is 17.9. The molecular formula is C24H33N3O2. The van der Waals surface area contributed by atoms with Crippen LogP contribution in [-0.4, -0.2) is 36.0 Å². The lowest BCUT2D eigenvalue weighted by molar-refractivity contribution is -0.0979. The maximum Gasteiger partial charge on any atom is 0.122 e. The van der Waals surface area contributed by atoms with E-state index in [4.69, 9.17) is 9.53 Å². The minimum absolute atomic E-state index is 0.864. The van der Waals surface area contributed by atoms with Gasteiger partial charge in [-0.05, 0) is 74.2 Å². The molecule has 2 aliphatic rings. The van der Waals surface area contributed by atoms with E-state index in [1.54, 1.807) is 0 Å². The fourth-order valence-electron chi connectivity index (χ4n) is 3.46. The zero-order valence-corrected chi connectivity index (χ0v) is 17.9. The normalized spacial score (nSPS) is 13.8. The first-order chi connectivity index (χ1) is 14.2. The molecule has 0 unspecified atom stereocenters. The van der Waals surface area contributed by atoms with E-state index in [-0.39, 0.29) is 0 Å². The molecule has 1 N–H and O–H groups in total. The van der Waals surface area contributed by atoms with E-state index in [0.717, 1.165) is 30.7 Å². The molecule has 4 heterocycles. The molecule has 29 heavy (non-hydrogen) atoms. The summed E-state index contributed by atoms with van der Waals surface area (Å²) in [6.07, 6.45) is 8.88. The lowest BCUT2D eigenvalue weighted by atomic mass is 10.1. The Balaban J connectivity index is 0.000000158. The fraction of sp³-hybridized carbons (Fsp3) is 0.417. The van der Waals surface area contributed by atoms with Crippen molar-refractivity contribution in [3.63, 3.8) is 0 Å². The molecule has 2 aliphatic heterocycles. The molecule has 2 aromatic heterocycles. The van der Waals surface area contributed by atoms with Crippen molar-refractivity contribution in [3.05, 3.63) is 59.4 Å². The number of aromatic nitrogens is 2. The van der Waals surface area contributed by atoms with Crippen LogP contribution < -0.4 is 10.1 Å². The number of benzene rings is 1. The van der Waals surface area contributed by atoms with Gasteiger partial charge < -0.3 is 19.4 Å². The van der Waals surface area contributed by atoms with Crippen molar-refractivity contribution in [2.75, 3.05) is 19.7 Å².